The zero-order chi connectivity index (χ0) is 22.7. The summed E-state index contributed by atoms with van der Waals surface area (Å²) in [4.78, 5) is 15.6. The third-order valence-electron chi connectivity index (χ3n) is 4.26. The van der Waals surface area contributed by atoms with Crippen LogP contribution < -0.4 is 24.7 Å². The van der Waals surface area contributed by atoms with Gasteiger partial charge in [0, 0.05) is 37.5 Å². The van der Waals surface area contributed by atoms with Gasteiger partial charge in [-0.1, -0.05) is 17.3 Å². The van der Waals surface area contributed by atoms with Crippen LogP contribution in [0.25, 0.3) is 11.3 Å². The van der Waals surface area contributed by atoms with Crippen molar-refractivity contribution in [3.05, 3.63) is 84.1 Å². The molecule has 0 spiro atoms. The maximum Gasteiger partial charge on any atom is 0.323 e. The molecule has 1 atom stereocenters. The number of halogens is 1. The van der Waals surface area contributed by atoms with E-state index in [1.54, 1.807) is 42.6 Å². The Labute approximate surface area is 182 Å². The van der Waals surface area contributed by atoms with Crippen molar-refractivity contribution in [2.75, 3.05) is 12.4 Å². The zero-order valence-corrected chi connectivity index (χ0v) is 17.7. The third-order valence-corrected chi connectivity index (χ3v) is 4.73. The molecule has 164 valence electrons. The van der Waals surface area contributed by atoms with Crippen molar-refractivity contribution in [3.63, 3.8) is 0 Å². The Bertz CT molecular complexity index is 1290. The summed E-state index contributed by atoms with van der Waals surface area (Å²) >= 11 is 0. The quantitative estimate of drug-likeness (QED) is 0.332. The molecule has 0 aliphatic carbocycles. The summed E-state index contributed by atoms with van der Waals surface area (Å²) in [5.41, 5.74) is 7.90. The molecule has 2 N–H and O–H groups in total. The molecule has 11 heteroatoms. The van der Waals surface area contributed by atoms with Crippen LogP contribution in [0.5, 0.6) is 11.6 Å². The van der Waals surface area contributed by atoms with Gasteiger partial charge < -0.3 is 14.2 Å². The molecule has 0 aliphatic heterocycles. The minimum atomic E-state index is -4.04. The molecule has 0 amide bonds. The van der Waals surface area contributed by atoms with Crippen molar-refractivity contribution in [2.45, 2.75) is 6.42 Å². The predicted molar refractivity (Wildman–Crippen MR) is 110 cm³/mol. The molecular weight excluding hydrogens is 438 g/mol. The van der Waals surface area contributed by atoms with Crippen molar-refractivity contribution in [1.82, 2.24) is 10.1 Å². The molecule has 0 aliphatic rings. The van der Waals surface area contributed by atoms with Gasteiger partial charge in [0.25, 0.3) is 0 Å². The van der Waals surface area contributed by atoms with E-state index in [2.05, 4.69) is 10.1 Å². The first kappa shape index (κ1) is 21.5. The number of rotatable bonds is 7. The van der Waals surface area contributed by atoms with Crippen LogP contribution in [0.3, 0.4) is 0 Å². The van der Waals surface area contributed by atoms with Crippen LogP contribution in [0.1, 0.15) is 11.3 Å². The van der Waals surface area contributed by atoms with E-state index in [9.17, 15) is 13.8 Å². The van der Waals surface area contributed by atoms with Crippen LogP contribution >= 0.6 is 7.60 Å². The number of nitrogens with zero attached hydrogens (tertiary/aromatic N) is 3. The van der Waals surface area contributed by atoms with E-state index in [0.717, 1.165) is 17.0 Å². The van der Waals surface area contributed by atoms with Gasteiger partial charge >= 0.3 is 5.82 Å². The van der Waals surface area contributed by atoms with E-state index in [1.807, 2.05) is 6.07 Å². The summed E-state index contributed by atoms with van der Waals surface area (Å²) in [7, 11) is -4.04. The smallest absolute Gasteiger partial charge is 0.323 e. The van der Waals surface area contributed by atoms with Gasteiger partial charge in [-0.2, -0.15) is 0 Å². The Morgan fingerprint density at radius 1 is 1.22 bits per heavy atom. The highest BCUT2D eigenvalue weighted by atomic mass is 31.2. The van der Waals surface area contributed by atoms with Gasteiger partial charge in [-0.15, -0.1) is 0 Å². The van der Waals surface area contributed by atoms with E-state index >= 15 is 0 Å². The molecule has 3 heterocycles. The van der Waals surface area contributed by atoms with E-state index in [-0.39, 0.29) is 5.82 Å². The minimum absolute atomic E-state index is 0.0497. The van der Waals surface area contributed by atoms with Crippen LogP contribution in [-0.2, 0) is 11.0 Å². The monoisotopic (exact) mass is 456 g/mol. The van der Waals surface area contributed by atoms with Gasteiger partial charge in [0.05, 0.1) is 5.69 Å². The summed E-state index contributed by atoms with van der Waals surface area (Å²) in [5.74, 6) is 0.687. The van der Waals surface area contributed by atoms with Crippen LogP contribution in [0.2, 0.25) is 0 Å². The van der Waals surface area contributed by atoms with E-state index in [4.69, 9.17) is 19.6 Å². The molecule has 0 fully saturated rings. The number of pyridine rings is 2. The second kappa shape index (κ2) is 8.78. The average Bonchev–Trinajstić information content (AvgIpc) is 3.18. The second-order valence-corrected chi connectivity index (χ2v) is 8.62. The van der Waals surface area contributed by atoms with Crippen LogP contribution in [0, 0.1) is 5.82 Å². The van der Waals surface area contributed by atoms with Crippen molar-refractivity contribution in [3.8, 4) is 23.0 Å². The maximum atomic E-state index is 13.3. The molecule has 0 radical (unpaired) electrons. The number of nitrogens with two attached hydrogens (primary N) is 1. The number of hydrogen-bond donors (Lipinski definition) is 1. The topological polar surface area (TPSA) is 127 Å². The number of ether oxygens (including phenoxy) is 1. The first-order valence-electron chi connectivity index (χ1n) is 9.40. The lowest BCUT2D eigenvalue weighted by Crippen LogP contribution is -2.45. The first-order chi connectivity index (χ1) is 15.3. The van der Waals surface area contributed by atoms with Crippen molar-refractivity contribution >= 4 is 13.4 Å². The predicted octanol–water partition coefficient (Wildman–Crippen LogP) is 2.74. The Balaban J connectivity index is 1.47. The van der Waals surface area contributed by atoms with Crippen molar-refractivity contribution in [2.24, 2.45) is 0 Å². The second-order valence-electron chi connectivity index (χ2n) is 6.91. The summed E-state index contributed by atoms with van der Waals surface area (Å²) in [6.45, 7) is 0.946. The number of anilines is 1. The Kier molecular flexibility index (Phi) is 5.89. The lowest BCUT2D eigenvalue weighted by atomic mass is 10.1. The summed E-state index contributed by atoms with van der Waals surface area (Å²) < 4.78 is 41.4. The van der Waals surface area contributed by atoms with Crippen LogP contribution in [-0.4, -0.2) is 16.8 Å². The molecule has 0 saturated carbocycles. The van der Waals surface area contributed by atoms with Gasteiger partial charge in [-0.05, 0) is 34.6 Å². The van der Waals surface area contributed by atoms with E-state index < -0.39 is 13.4 Å². The molecule has 32 heavy (non-hydrogen) atoms. The Morgan fingerprint density at radius 3 is 2.78 bits per heavy atom. The molecule has 1 unspecified atom stereocenters. The highest BCUT2D eigenvalue weighted by molar-refractivity contribution is 7.50. The number of aromatic nitrogens is 3. The zero-order valence-electron chi connectivity index (χ0n) is 16.8. The minimum Gasteiger partial charge on any atom is -0.766 e. The molecule has 3 aromatic heterocycles. The van der Waals surface area contributed by atoms with E-state index in [1.165, 1.54) is 18.3 Å². The fraction of sp³-hybridized carbons (Fsp3) is 0.0952. The maximum absolute atomic E-state index is 13.3. The van der Waals surface area contributed by atoms with Crippen LogP contribution in [0.4, 0.5) is 10.2 Å². The molecule has 4 aromatic rings. The molecular formula is C21H18FN4O5P. The molecule has 4 rings (SSSR count). The molecule has 0 bridgehead atoms. The van der Waals surface area contributed by atoms with Gasteiger partial charge in [0.2, 0.25) is 13.5 Å². The van der Waals surface area contributed by atoms with Gasteiger partial charge in [-0.25, -0.2) is 9.37 Å². The van der Waals surface area contributed by atoms with Gasteiger partial charge in [-0.3, -0.25) is 14.9 Å². The largest absolute Gasteiger partial charge is 0.766 e. The highest BCUT2D eigenvalue weighted by Gasteiger charge is 2.20. The Morgan fingerprint density at radius 2 is 2.06 bits per heavy atom. The standard InChI is InChI=1S/C21H18FN4O5P/c1-32(27,28)31-26-9-3-6-18(21(26)23)19-12-16(25-30-19)10-14-7-8-20(24-13-14)29-17-5-2-4-15(22)11-17/h2-9,11-13,23H,10H2,1H3,(H,27,28). The normalized spacial score (nSPS) is 12.8. The third kappa shape index (κ3) is 5.29. The molecule has 9 nitrogen and oxygen atoms in total. The van der Waals surface area contributed by atoms with Crippen LogP contribution in [0.15, 0.2) is 71.5 Å². The highest BCUT2D eigenvalue weighted by Crippen LogP contribution is 2.28. The SMILES string of the molecule is CP(=O)([O-])O[n+]1cccc(-c2cc(Cc3ccc(Oc4cccc(F)c4)nc3)no2)c1N. The summed E-state index contributed by atoms with van der Waals surface area (Å²) in [5, 5.41) is 4.04. The molecule has 1 aromatic carbocycles. The fourth-order valence-electron chi connectivity index (χ4n) is 2.90. The summed E-state index contributed by atoms with van der Waals surface area (Å²) in [6, 6.07) is 14.2. The number of nitrogen functional groups attached to an aromatic ring is 1. The van der Waals surface area contributed by atoms with Crippen molar-refractivity contribution in [1.29, 1.82) is 0 Å². The van der Waals surface area contributed by atoms with Crippen molar-refractivity contribution < 1.29 is 32.5 Å². The number of hydrogen-bond acceptors (Lipinski definition) is 8. The lowest BCUT2D eigenvalue weighted by molar-refractivity contribution is -0.850. The fourth-order valence-corrected chi connectivity index (χ4v) is 3.36. The summed E-state index contributed by atoms with van der Waals surface area (Å²) in [6.07, 6.45) is 3.42. The number of benzene rings is 1. The lowest BCUT2D eigenvalue weighted by Gasteiger charge is -2.16. The average molecular weight is 456 g/mol. The van der Waals surface area contributed by atoms with Gasteiger partial charge in [0.15, 0.2) is 5.76 Å². The molecule has 0 saturated heterocycles. The first-order valence-corrected chi connectivity index (χ1v) is 11.4. The van der Waals surface area contributed by atoms with E-state index in [0.29, 0.717) is 35.1 Å². The Hall–Kier alpha value is -3.75. The van der Waals surface area contributed by atoms with Gasteiger partial charge in [0.1, 0.15) is 23.3 Å².